The van der Waals surface area contributed by atoms with Crippen LogP contribution in [0.3, 0.4) is 0 Å². The molecule has 1 unspecified atom stereocenters. The maximum atomic E-state index is 13.4. The number of rotatable bonds is 4. The first-order valence-electron chi connectivity index (χ1n) is 4.33. The number of ether oxygens (including phenoxy) is 2. The number of methoxy groups -OCH3 is 2. The summed E-state index contributed by atoms with van der Waals surface area (Å²) in [5.74, 6) is -2.49. The first-order chi connectivity index (χ1) is 7.51. The topological polar surface area (TPSA) is 76.0 Å². The smallest absolute Gasteiger partial charge is 0.337 e. The van der Waals surface area contributed by atoms with Gasteiger partial charge in [-0.3, -0.25) is 0 Å². The summed E-state index contributed by atoms with van der Waals surface area (Å²) in [5, 5.41) is 18.0. The summed E-state index contributed by atoms with van der Waals surface area (Å²) < 4.78 is 22.9. The molecule has 5 nitrogen and oxygen atoms in total. The van der Waals surface area contributed by atoms with Gasteiger partial charge in [-0.25, -0.2) is 9.18 Å². The molecule has 1 aromatic carbocycles. The number of aliphatic hydroxyl groups is 1. The number of carboxylic acid groups (broad SMARTS) is 1. The van der Waals surface area contributed by atoms with Gasteiger partial charge in [0.15, 0.2) is 17.7 Å². The van der Waals surface area contributed by atoms with Gasteiger partial charge < -0.3 is 19.7 Å². The van der Waals surface area contributed by atoms with Gasteiger partial charge in [-0.05, 0) is 6.07 Å². The molecule has 0 saturated carbocycles. The van der Waals surface area contributed by atoms with Crippen molar-refractivity contribution in [3.05, 3.63) is 23.5 Å². The zero-order valence-electron chi connectivity index (χ0n) is 8.73. The van der Waals surface area contributed by atoms with E-state index in [1.807, 2.05) is 0 Å². The van der Waals surface area contributed by atoms with Crippen LogP contribution in [-0.2, 0) is 4.79 Å². The quantitative estimate of drug-likeness (QED) is 0.805. The number of hydrogen-bond donors (Lipinski definition) is 2. The fourth-order valence-corrected chi connectivity index (χ4v) is 1.26. The Morgan fingerprint density at radius 3 is 2.44 bits per heavy atom. The van der Waals surface area contributed by atoms with Crippen LogP contribution in [-0.4, -0.2) is 30.4 Å². The van der Waals surface area contributed by atoms with E-state index in [1.54, 1.807) is 0 Å². The van der Waals surface area contributed by atoms with Crippen LogP contribution in [0, 0.1) is 5.82 Å². The molecule has 0 spiro atoms. The Labute approximate surface area is 91.0 Å². The Hall–Kier alpha value is -1.82. The molecule has 1 rings (SSSR count). The van der Waals surface area contributed by atoms with E-state index in [0.29, 0.717) is 0 Å². The van der Waals surface area contributed by atoms with Crippen molar-refractivity contribution in [1.82, 2.24) is 0 Å². The molecular formula is C10H11FO5. The van der Waals surface area contributed by atoms with Gasteiger partial charge >= 0.3 is 5.97 Å². The number of halogens is 1. The molecular weight excluding hydrogens is 219 g/mol. The largest absolute Gasteiger partial charge is 0.497 e. The molecule has 0 aliphatic heterocycles. The normalized spacial score (nSPS) is 12.0. The van der Waals surface area contributed by atoms with Crippen molar-refractivity contribution in [2.24, 2.45) is 0 Å². The van der Waals surface area contributed by atoms with Crippen molar-refractivity contribution < 1.29 is 28.9 Å². The van der Waals surface area contributed by atoms with E-state index in [2.05, 4.69) is 0 Å². The van der Waals surface area contributed by atoms with Crippen molar-refractivity contribution >= 4 is 5.97 Å². The molecule has 0 aliphatic rings. The number of aliphatic carboxylic acids is 1. The lowest BCUT2D eigenvalue weighted by Crippen LogP contribution is -2.12. The molecule has 0 bridgehead atoms. The number of carbonyl (C=O) groups is 1. The van der Waals surface area contributed by atoms with Crippen molar-refractivity contribution in [3.8, 4) is 11.5 Å². The average Bonchev–Trinajstić information content (AvgIpc) is 2.26. The predicted octanol–water partition coefficient (Wildman–Crippen LogP) is 0.961. The first kappa shape index (κ1) is 12.3. The van der Waals surface area contributed by atoms with Gasteiger partial charge in [0.2, 0.25) is 0 Å². The van der Waals surface area contributed by atoms with E-state index < -0.39 is 17.9 Å². The third-order valence-corrected chi connectivity index (χ3v) is 2.01. The Morgan fingerprint density at radius 1 is 1.38 bits per heavy atom. The van der Waals surface area contributed by atoms with E-state index in [-0.39, 0.29) is 17.1 Å². The van der Waals surface area contributed by atoms with E-state index in [0.717, 1.165) is 6.07 Å². The molecule has 1 atom stereocenters. The summed E-state index contributed by atoms with van der Waals surface area (Å²) in [4.78, 5) is 10.6. The second kappa shape index (κ2) is 4.80. The van der Waals surface area contributed by atoms with E-state index in [1.165, 1.54) is 20.3 Å². The van der Waals surface area contributed by atoms with Crippen molar-refractivity contribution in [2.45, 2.75) is 6.10 Å². The monoisotopic (exact) mass is 230 g/mol. The van der Waals surface area contributed by atoms with E-state index in [9.17, 15) is 14.3 Å². The second-order valence-corrected chi connectivity index (χ2v) is 2.97. The fourth-order valence-electron chi connectivity index (χ4n) is 1.26. The summed E-state index contributed by atoms with van der Waals surface area (Å²) in [6.07, 6.45) is -1.86. The minimum atomic E-state index is -1.86. The summed E-state index contributed by atoms with van der Waals surface area (Å²) in [6.45, 7) is 0. The SMILES string of the molecule is COc1cc(F)c(OC)c(C(O)C(=O)O)c1. The van der Waals surface area contributed by atoms with Crippen LogP contribution in [0.15, 0.2) is 12.1 Å². The van der Waals surface area contributed by atoms with Gasteiger partial charge in [-0.2, -0.15) is 0 Å². The minimum absolute atomic E-state index is 0.105. The lowest BCUT2D eigenvalue weighted by Gasteiger charge is -2.13. The molecule has 2 N–H and O–H groups in total. The highest BCUT2D eigenvalue weighted by Crippen LogP contribution is 2.32. The highest BCUT2D eigenvalue weighted by Gasteiger charge is 2.24. The number of benzene rings is 1. The van der Waals surface area contributed by atoms with Crippen LogP contribution in [0.2, 0.25) is 0 Å². The van der Waals surface area contributed by atoms with Gasteiger partial charge in [0, 0.05) is 11.6 Å². The molecule has 0 aliphatic carbocycles. The molecule has 0 amide bonds. The third kappa shape index (κ3) is 2.22. The maximum Gasteiger partial charge on any atom is 0.337 e. The molecule has 0 aromatic heterocycles. The Morgan fingerprint density at radius 2 is 2.00 bits per heavy atom. The summed E-state index contributed by atoms with van der Waals surface area (Å²) in [5.41, 5.74) is -0.188. The number of hydrogen-bond acceptors (Lipinski definition) is 4. The highest BCUT2D eigenvalue weighted by molar-refractivity contribution is 5.75. The Bertz CT molecular complexity index is 404. The molecule has 16 heavy (non-hydrogen) atoms. The van der Waals surface area contributed by atoms with Crippen LogP contribution in [0.1, 0.15) is 11.7 Å². The fraction of sp³-hybridized carbons (Fsp3) is 0.300. The van der Waals surface area contributed by atoms with Gasteiger partial charge in [-0.15, -0.1) is 0 Å². The number of aliphatic hydroxyl groups excluding tert-OH is 1. The lowest BCUT2D eigenvalue weighted by atomic mass is 10.1. The van der Waals surface area contributed by atoms with Crippen LogP contribution in [0.25, 0.3) is 0 Å². The molecule has 6 heteroatoms. The van der Waals surface area contributed by atoms with Gasteiger partial charge in [0.1, 0.15) is 5.75 Å². The molecule has 0 radical (unpaired) electrons. The second-order valence-electron chi connectivity index (χ2n) is 2.97. The van der Waals surface area contributed by atoms with Gasteiger partial charge in [0.25, 0.3) is 0 Å². The van der Waals surface area contributed by atoms with Crippen LogP contribution < -0.4 is 9.47 Å². The third-order valence-electron chi connectivity index (χ3n) is 2.01. The highest BCUT2D eigenvalue weighted by atomic mass is 19.1. The number of carboxylic acids is 1. The summed E-state index contributed by atoms with van der Waals surface area (Å²) >= 11 is 0. The van der Waals surface area contributed by atoms with Crippen LogP contribution >= 0.6 is 0 Å². The van der Waals surface area contributed by atoms with Crippen LogP contribution in [0.4, 0.5) is 4.39 Å². The van der Waals surface area contributed by atoms with E-state index >= 15 is 0 Å². The summed E-state index contributed by atoms with van der Waals surface area (Å²) in [6, 6.07) is 2.25. The predicted molar refractivity (Wildman–Crippen MR) is 52.1 cm³/mol. The van der Waals surface area contributed by atoms with Crippen molar-refractivity contribution in [1.29, 1.82) is 0 Å². The molecule has 0 fully saturated rings. The molecule has 0 heterocycles. The summed E-state index contributed by atoms with van der Waals surface area (Å²) in [7, 11) is 2.49. The van der Waals surface area contributed by atoms with Gasteiger partial charge in [0.05, 0.1) is 14.2 Å². The Balaban J connectivity index is 3.33. The first-order valence-corrected chi connectivity index (χ1v) is 4.33. The molecule has 1 aromatic rings. The van der Waals surface area contributed by atoms with Crippen LogP contribution in [0.5, 0.6) is 11.5 Å². The average molecular weight is 230 g/mol. The van der Waals surface area contributed by atoms with Crippen molar-refractivity contribution in [3.63, 3.8) is 0 Å². The maximum absolute atomic E-state index is 13.4. The van der Waals surface area contributed by atoms with Gasteiger partial charge in [-0.1, -0.05) is 0 Å². The van der Waals surface area contributed by atoms with Crippen molar-refractivity contribution in [2.75, 3.05) is 14.2 Å². The molecule has 88 valence electrons. The van der Waals surface area contributed by atoms with E-state index in [4.69, 9.17) is 14.6 Å². The zero-order chi connectivity index (χ0) is 12.3. The zero-order valence-corrected chi connectivity index (χ0v) is 8.73. The molecule has 0 saturated heterocycles. The Kier molecular flexibility index (Phi) is 3.68. The minimum Gasteiger partial charge on any atom is -0.497 e. The lowest BCUT2D eigenvalue weighted by molar-refractivity contribution is -0.147. The standard InChI is InChI=1S/C10H11FO5/c1-15-5-3-6(8(12)10(13)14)9(16-2)7(11)4-5/h3-4,8,12H,1-2H3,(H,13,14).